The van der Waals surface area contributed by atoms with E-state index in [1.807, 2.05) is 0 Å². The minimum Gasteiger partial charge on any atom is -0.437 e. The Hall–Kier alpha value is -1.96. The molecule has 0 saturated heterocycles. The van der Waals surface area contributed by atoms with E-state index in [9.17, 15) is 10.1 Å². The number of fused-ring (bicyclic) bond motifs is 1. The maximum absolute atomic E-state index is 11.0. The van der Waals surface area contributed by atoms with E-state index in [2.05, 4.69) is 72.6 Å². The molecule has 0 atom stereocenters. The molecule has 0 radical (unpaired) electrons. The molecule has 5 nitrogen and oxygen atoms in total. The molecule has 2 heterocycles. The first-order valence-electron chi connectivity index (χ1n) is 9.06. The fraction of sp³-hybridized carbons (Fsp3) is 0.381. The Morgan fingerprint density at radius 3 is 2.41 bits per heavy atom. The minimum atomic E-state index is -0.436. The molecule has 1 aliphatic carbocycles. The lowest BCUT2D eigenvalue weighted by Crippen LogP contribution is -2.45. The normalized spacial score (nSPS) is 16.3. The predicted octanol–water partition coefficient (Wildman–Crippen LogP) is 6.48. The van der Waals surface area contributed by atoms with Crippen LogP contribution in [-0.4, -0.2) is 9.91 Å². The molecule has 140 valence electrons. The third kappa shape index (κ3) is 2.85. The summed E-state index contributed by atoms with van der Waals surface area (Å²) in [6.07, 6.45) is 4.97. The highest BCUT2D eigenvalue weighted by molar-refractivity contribution is 14.1. The lowest BCUT2D eigenvalue weighted by molar-refractivity contribution is -0.385. The fourth-order valence-corrected chi connectivity index (χ4v) is 4.98. The standard InChI is InChI=1S/C21H21IN2O3/c1-20(2,3)21(9-4-10-21)14-7-5-13(6-8-14)18-17(22)16-11-15(24(25)26)12-23-19(16)27-18/h5-8,11-12H,4,9-10H2,1-3H3. The zero-order valence-electron chi connectivity index (χ0n) is 15.6. The molecule has 0 aliphatic heterocycles. The van der Waals surface area contributed by atoms with Gasteiger partial charge in [0.2, 0.25) is 5.71 Å². The van der Waals surface area contributed by atoms with E-state index in [4.69, 9.17) is 4.42 Å². The number of hydrogen-bond donors (Lipinski definition) is 0. The van der Waals surface area contributed by atoms with Crippen LogP contribution in [0.25, 0.3) is 22.4 Å². The van der Waals surface area contributed by atoms with E-state index in [0.717, 1.165) is 9.13 Å². The summed E-state index contributed by atoms with van der Waals surface area (Å²) >= 11 is 2.18. The van der Waals surface area contributed by atoms with Crippen LogP contribution in [-0.2, 0) is 5.41 Å². The minimum absolute atomic E-state index is 0.0276. The molecule has 4 rings (SSSR count). The molecular formula is C21H21IN2O3. The molecule has 6 heteroatoms. The molecular weight excluding hydrogens is 455 g/mol. The van der Waals surface area contributed by atoms with Crippen molar-refractivity contribution < 1.29 is 9.34 Å². The van der Waals surface area contributed by atoms with E-state index in [1.165, 1.54) is 37.1 Å². The van der Waals surface area contributed by atoms with Gasteiger partial charge in [-0.3, -0.25) is 10.1 Å². The Bertz CT molecular complexity index is 1030. The van der Waals surface area contributed by atoms with Gasteiger partial charge in [-0.05, 0) is 46.4 Å². The number of nitrogens with zero attached hydrogens (tertiary/aromatic N) is 2. The van der Waals surface area contributed by atoms with Crippen molar-refractivity contribution in [2.75, 3.05) is 0 Å². The molecule has 2 aromatic heterocycles. The third-order valence-corrected chi connectivity index (χ3v) is 7.10. The molecule has 0 spiro atoms. The number of halogens is 1. The Labute approximate surface area is 171 Å². The highest BCUT2D eigenvalue weighted by Crippen LogP contribution is 2.55. The van der Waals surface area contributed by atoms with E-state index < -0.39 is 4.92 Å². The van der Waals surface area contributed by atoms with Crippen LogP contribution >= 0.6 is 22.6 Å². The fourth-order valence-electron chi connectivity index (χ4n) is 4.17. The molecule has 1 aliphatic rings. The zero-order chi connectivity index (χ0) is 19.4. The van der Waals surface area contributed by atoms with Gasteiger partial charge in [-0.25, -0.2) is 4.98 Å². The van der Waals surface area contributed by atoms with Crippen LogP contribution in [0.4, 0.5) is 5.69 Å². The first kappa shape index (κ1) is 18.4. The van der Waals surface area contributed by atoms with Gasteiger partial charge in [-0.1, -0.05) is 51.5 Å². The van der Waals surface area contributed by atoms with Crippen LogP contribution in [0.15, 0.2) is 40.9 Å². The Kier molecular flexibility index (Phi) is 4.29. The second kappa shape index (κ2) is 6.29. The summed E-state index contributed by atoms with van der Waals surface area (Å²) < 4.78 is 6.76. The van der Waals surface area contributed by atoms with Crippen LogP contribution in [0.5, 0.6) is 0 Å². The van der Waals surface area contributed by atoms with Crippen molar-refractivity contribution in [1.29, 1.82) is 0 Å². The first-order valence-corrected chi connectivity index (χ1v) is 10.1. The van der Waals surface area contributed by atoms with Crippen LogP contribution in [0, 0.1) is 19.1 Å². The monoisotopic (exact) mass is 476 g/mol. The summed E-state index contributed by atoms with van der Waals surface area (Å²) in [6.45, 7) is 6.96. The summed E-state index contributed by atoms with van der Waals surface area (Å²) in [4.78, 5) is 14.7. The zero-order valence-corrected chi connectivity index (χ0v) is 17.7. The van der Waals surface area contributed by atoms with Gasteiger partial charge in [0.15, 0.2) is 5.76 Å². The second-order valence-corrected chi connectivity index (χ2v) is 9.39. The molecule has 0 amide bonds. The van der Waals surface area contributed by atoms with Crippen molar-refractivity contribution in [2.24, 2.45) is 5.41 Å². The molecule has 1 saturated carbocycles. The van der Waals surface area contributed by atoms with Crippen molar-refractivity contribution in [2.45, 2.75) is 45.4 Å². The van der Waals surface area contributed by atoms with Gasteiger partial charge in [0.05, 0.1) is 13.9 Å². The van der Waals surface area contributed by atoms with Crippen molar-refractivity contribution in [3.05, 3.63) is 55.8 Å². The third-order valence-electron chi connectivity index (χ3n) is 6.02. The van der Waals surface area contributed by atoms with Gasteiger partial charge in [-0.2, -0.15) is 0 Å². The summed E-state index contributed by atoms with van der Waals surface area (Å²) in [5, 5.41) is 11.7. The number of hydrogen-bond acceptors (Lipinski definition) is 4. The molecule has 0 bridgehead atoms. The highest BCUT2D eigenvalue weighted by atomic mass is 127. The molecule has 0 unspecified atom stereocenters. The van der Waals surface area contributed by atoms with Crippen LogP contribution in [0.1, 0.15) is 45.6 Å². The van der Waals surface area contributed by atoms with E-state index in [1.54, 1.807) is 0 Å². The van der Waals surface area contributed by atoms with Crippen molar-refractivity contribution in [3.63, 3.8) is 0 Å². The van der Waals surface area contributed by atoms with Crippen LogP contribution in [0.3, 0.4) is 0 Å². The lowest BCUT2D eigenvalue weighted by atomic mass is 9.52. The van der Waals surface area contributed by atoms with E-state index in [0.29, 0.717) is 16.9 Å². The average Bonchev–Trinajstić information content (AvgIpc) is 2.89. The van der Waals surface area contributed by atoms with E-state index in [-0.39, 0.29) is 16.5 Å². The van der Waals surface area contributed by atoms with Gasteiger partial charge in [0.25, 0.3) is 5.69 Å². The molecule has 3 aromatic rings. The predicted molar refractivity (Wildman–Crippen MR) is 114 cm³/mol. The average molecular weight is 476 g/mol. The summed E-state index contributed by atoms with van der Waals surface area (Å²) in [5.41, 5.74) is 3.21. The van der Waals surface area contributed by atoms with Gasteiger partial charge in [-0.15, -0.1) is 0 Å². The van der Waals surface area contributed by atoms with Gasteiger partial charge in [0.1, 0.15) is 6.20 Å². The smallest absolute Gasteiger partial charge is 0.288 e. The SMILES string of the molecule is CC(C)(C)C1(c2ccc(-c3oc4ncc([N+](=O)[O-])cc4c3I)cc2)CCC1. The number of aromatic nitrogens is 1. The van der Waals surface area contributed by atoms with Gasteiger partial charge < -0.3 is 4.42 Å². The lowest BCUT2D eigenvalue weighted by Gasteiger charge is -2.52. The maximum Gasteiger partial charge on any atom is 0.288 e. The van der Waals surface area contributed by atoms with Crippen molar-refractivity contribution >= 4 is 39.4 Å². The van der Waals surface area contributed by atoms with Crippen LogP contribution < -0.4 is 0 Å². The second-order valence-electron chi connectivity index (χ2n) is 8.31. The Morgan fingerprint density at radius 2 is 1.89 bits per heavy atom. The molecule has 0 N–H and O–H groups in total. The number of benzene rings is 1. The summed E-state index contributed by atoms with van der Waals surface area (Å²) in [7, 11) is 0. The number of pyridine rings is 1. The van der Waals surface area contributed by atoms with Gasteiger partial charge in [0, 0.05) is 17.0 Å². The summed E-state index contributed by atoms with van der Waals surface area (Å²) in [6, 6.07) is 10.1. The molecule has 1 aromatic carbocycles. The Morgan fingerprint density at radius 1 is 1.22 bits per heavy atom. The van der Waals surface area contributed by atoms with Crippen molar-refractivity contribution in [1.82, 2.24) is 4.98 Å². The highest BCUT2D eigenvalue weighted by Gasteiger charge is 2.47. The topological polar surface area (TPSA) is 69.2 Å². The number of nitro groups is 1. The quantitative estimate of drug-likeness (QED) is 0.247. The number of rotatable bonds is 3. The maximum atomic E-state index is 11.0. The molecule has 1 fully saturated rings. The number of furan rings is 1. The Balaban J connectivity index is 1.74. The molecule has 27 heavy (non-hydrogen) atoms. The van der Waals surface area contributed by atoms with Crippen molar-refractivity contribution in [3.8, 4) is 11.3 Å². The largest absolute Gasteiger partial charge is 0.437 e. The van der Waals surface area contributed by atoms with E-state index >= 15 is 0 Å². The summed E-state index contributed by atoms with van der Waals surface area (Å²) in [5.74, 6) is 0.712. The first-order chi connectivity index (χ1) is 12.7. The van der Waals surface area contributed by atoms with Gasteiger partial charge >= 0.3 is 0 Å². The van der Waals surface area contributed by atoms with Crippen LogP contribution in [0.2, 0.25) is 0 Å².